The number of rotatable bonds is 2. The van der Waals surface area contributed by atoms with Crippen LogP contribution in [0.5, 0.6) is 0 Å². The van der Waals surface area contributed by atoms with Crippen LogP contribution in [0.2, 0.25) is 5.28 Å². The van der Waals surface area contributed by atoms with Crippen molar-refractivity contribution in [1.82, 2.24) is 19.9 Å². The summed E-state index contributed by atoms with van der Waals surface area (Å²) in [6.45, 7) is 4.36. The molecule has 0 saturated carbocycles. The minimum Gasteiger partial charge on any atom is -0.368 e. The van der Waals surface area contributed by atoms with Crippen LogP contribution in [-0.4, -0.2) is 52.1 Å². The highest BCUT2D eigenvalue weighted by molar-refractivity contribution is 6.28. The van der Waals surface area contributed by atoms with Crippen molar-refractivity contribution < 1.29 is 0 Å². The molecule has 0 aliphatic carbocycles. The first kappa shape index (κ1) is 11.9. The van der Waals surface area contributed by atoms with Gasteiger partial charge in [0.05, 0.1) is 0 Å². The van der Waals surface area contributed by atoms with Crippen LogP contribution in [0.1, 0.15) is 19.3 Å². The lowest BCUT2D eigenvalue weighted by Gasteiger charge is -2.23. The first-order valence-electron chi connectivity index (χ1n) is 6.38. The van der Waals surface area contributed by atoms with Gasteiger partial charge in [-0.15, -0.1) is 0 Å². The minimum atomic E-state index is 0.169. The normalized spacial score (nSPS) is 24.9. The predicted molar refractivity (Wildman–Crippen MR) is 70.7 cm³/mol. The summed E-state index contributed by atoms with van der Waals surface area (Å²) in [5, 5.41) is 0.169. The second-order valence-corrected chi connectivity index (χ2v) is 5.23. The van der Waals surface area contributed by atoms with E-state index in [1.54, 1.807) is 0 Å². The van der Waals surface area contributed by atoms with E-state index in [2.05, 4.69) is 24.8 Å². The summed E-state index contributed by atoms with van der Waals surface area (Å²) >= 11 is 5.81. The highest BCUT2D eigenvalue weighted by Gasteiger charge is 2.30. The molecule has 2 N–H and O–H groups in total. The van der Waals surface area contributed by atoms with Crippen LogP contribution in [0.3, 0.4) is 0 Å². The molecule has 0 aromatic carbocycles. The van der Waals surface area contributed by atoms with Gasteiger partial charge in [0.25, 0.3) is 0 Å². The van der Waals surface area contributed by atoms with E-state index in [1.165, 1.54) is 25.9 Å². The molecule has 1 atom stereocenters. The number of nitrogens with zero attached hydrogens (tertiary/aromatic N) is 5. The fourth-order valence-electron chi connectivity index (χ4n) is 2.82. The van der Waals surface area contributed by atoms with Gasteiger partial charge in [-0.3, -0.25) is 4.90 Å². The first-order chi connectivity index (χ1) is 8.72. The molecule has 98 valence electrons. The zero-order valence-electron chi connectivity index (χ0n) is 10.2. The number of nitrogen functional groups attached to an aromatic ring is 1. The molecule has 1 unspecified atom stereocenters. The van der Waals surface area contributed by atoms with Crippen molar-refractivity contribution in [2.75, 3.05) is 36.8 Å². The van der Waals surface area contributed by atoms with Crippen LogP contribution in [0.15, 0.2) is 0 Å². The second-order valence-electron chi connectivity index (χ2n) is 4.89. The Morgan fingerprint density at radius 1 is 1.11 bits per heavy atom. The fraction of sp³-hybridized carbons (Fsp3) is 0.727. The van der Waals surface area contributed by atoms with Crippen molar-refractivity contribution in [2.24, 2.45) is 0 Å². The van der Waals surface area contributed by atoms with Crippen molar-refractivity contribution in [3.05, 3.63) is 5.28 Å². The Bertz CT molecular complexity index is 413. The van der Waals surface area contributed by atoms with Gasteiger partial charge in [0.2, 0.25) is 17.2 Å². The Morgan fingerprint density at radius 2 is 1.89 bits per heavy atom. The van der Waals surface area contributed by atoms with E-state index in [4.69, 9.17) is 17.3 Å². The lowest BCUT2D eigenvalue weighted by Crippen LogP contribution is -2.35. The fourth-order valence-corrected chi connectivity index (χ4v) is 2.99. The van der Waals surface area contributed by atoms with Crippen molar-refractivity contribution in [1.29, 1.82) is 0 Å². The molecule has 0 radical (unpaired) electrons. The standard InChI is InChI=1S/C11H17ClN6/c12-9-14-10(13)16-11(15-9)18-6-3-8(7-18)17-4-1-2-5-17/h8H,1-7H2,(H2,13,14,15,16). The molecule has 1 aromatic heterocycles. The Hall–Kier alpha value is -1.14. The number of likely N-dealkylation sites (tertiary alicyclic amines) is 1. The van der Waals surface area contributed by atoms with Gasteiger partial charge in [0.15, 0.2) is 0 Å². The topological polar surface area (TPSA) is 71.2 Å². The molecule has 2 saturated heterocycles. The third-order valence-corrected chi connectivity index (χ3v) is 3.89. The van der Waals surface area contributed by atoms with Crippen LogP contribution >= 0.6 is 11.6 Å². The average Bonchev–Trinajstić information content (AvgIpc) is 2.99. The van der Waals surface area contributed by atoms with Crippen LogP contribution in [0.25, 0.3) is 0 Å². The Labute approximate surface area is 111 Å². The van der Waals surface area contributed by atoms with Gasteiger partial charge in [0, 0.05) is 19.1 Å². The van der Waals surface area contributed by atoms with Gasteiger partial charge >= 0.3 is 0 Å². The summed E-state index contributed by atoms with van der Waals surface area (Å²) in [5.41, 5.74) is 5.60. The Kier molecular flexibility index (Phi) is 3.22. The smallest absolute Gasteiger partial charge is 0.231 e. The Morgan fingerprint density at radius 3 is 2.61 bits per heavy atom. The summed E-state index contributed by atoms with van der Waals surface area (Å²) in [6, 6.07) is 0.615. The number of nitrogens with two attached hydrogens (primary N) is 1. The second kappa shape index (κ2) is 4.85. The lowest BCUT2D eigenvalue weighted by atomic mass is 10.2. The number of hydrogen-bond acceptors (Lipinski definition) is 6. The summed E-state index contributed by atoms with van der Waals surface area (Å²) < 4.78 is 0. The van der Waals surface area contributed by atoms with Crippen molar-refractivity contribution in [3.63, 3.8) is 0 Å². The number of hydrogen-bond donors (Lipinski definition) is 1. The van der Waals surface area contributed by atoms with E-state index in [0.29, 0.717) is 12.0 Å². The third kappa shape index (κ3) is 2.35. The molecule has 2 fully saturated rings. The van der Waals surface area contributed by atoms with E-state index < -0.39 is 0 Å². The van der Waals surface area contributed by atoms with Crippen molar-refractivity contribution >= 4 is 23.5 Å². The van der Waals surface area contributed by atoms with Crippen LogP contribution in [0.4, 0.5) is 11.9 Å². The van der Waals surface area contributed by atoms with Crippen molar-refractivity contribution in [3.8, 4) is 0 Å². The van der Waals surface area contributed by atoms with Crippen LogP contribution < -0.4 is 10.6 Å². The van der Waals surface area contributed by atoms with Gasteiger partial charge < -0.3 is 10.6 Å². The SMILES string of the molecule is Nc1nc(Cl)nc(N2CCC(N3CCCC3)C2)n1. The summed E-state index contributed by atoms with van der Waals surface area (Å²) in [6.07, 6.45) is 3.80. The van der Waals surface area contributed by atoms with Gasteiger partial charge in [-0.2, -0.15) is 15.0 Å². The molecule has 0 amide bonds. The summed E-state index contributed by atoms with van der Waals surface area (Å²) in [4.78, 5) is 16.8. The predicted octanol–water partition coefficient (Wildman–Crippen LogP) is 0.782. The molecule has 3 rings (SSSR count). The zero-order chi connectivity index (χ0) is 12.5. The average molecular weight is 269 g/mol. The molecule has 0 bridgehead atoms. The van der Waals surface area contributed by atoms with E-state index in [9.17, 15) is 0 Å². The van der Waals surface area contributed by atoms with E-state index in [-0.39, 0.29) is 11.2 Å². The van der Waals surface area contributed by atoms with Gasteiger partial charge in [-0.1, -0.05) is 0 Å². The van der Waals surface area contributed by atoms with Gasteiger partial charge in [-0.05, 0) is 44.0 Å². The van der Waals surface area contributed by atoms with E-state index in [0.717, 1.165) is 19.5 Å². The maximum atomic E-state index is 5.81. The number of aromatic nitrogens is 3. The highest BCUT2D eigenvalue weighted by Crippen LogP contribution is 2.23. The third-order valence-electron chi connectivity index (χ3n) is 3.72. The lowest BCUT2D eigenvalue weighted by molar-refractivity contribution is 0.260. The highest BCUT2D eigenvalue weighted by atomic mass is 35.5. The number of halogens is 1. The molecule has 6 nitrogen and oxygen atoms in total. The Balaban J connectivity index is 1.70. The summed E-state index contributed by atoms with van der Waals surface area (Å²) in [7, 11) is 0. The molecular formula is C11H17ClN6. The van der Waals surface area contributed by atoms with Gasteiger partial charge in [-0.25, -0.2) is 0 Å². The van der Waals surface area contributed by atoms with Crippen LogP contribution in [-0.2, 0) is 0 Å². The summed E-state index contributed by atoms with van der Waals surface area (Å²) in [5.74, 6) is 0.795. The van der Waals surface area contributed by atoms with Gasteiger partial charge in [0.1, 0.15) is 0 Å². The van der Waals surface area contributed by atoms with Crippen LogP contribution in [0, 0.1) is 0 Å². The number of anilines is 2. The monoisotopic (exact) mass is 268 g/mol. The van der Waals surface area contributed by atoms with E-state index >= 15 is 0 Å². The first-order valence-corrected chi connectivity index (χ1v) is 6.76. The molecule has 2 aliphatic rings. The van der Waals surface area contributed by atoms with E-state index in [1.807, 2.05) is 0 Å². The molecule has 7 heteroatoms. The van der Waals surface area contributed by atoms with Crippen molar-refractivity contribution in [2.45, 2.75) is 25.3 Å². The zero-order valence-corrected chi connectivity index (χ0v) is 11.0. The molecule has 3 heterocycles. The molecule has 1 aromatic rings. The molecular weight excluding hydrogens is 252 g/mol. The molecule has 2 aliphatic heterocycles. The maximum Gasteiger partial charge on any atom is 0.231 e. The molecule has 0 spiro atoms. The molecule has 18 heavy (non-hydrogen) atoms. The minimum absolute atomic E-state index is 0.169. The maximum absolute atomic E-state index is 5.81. The largest absolute Gasteiger partial charge is 0.368 e. The quantitative estimate of drug-likeness (QED) is 0.855.